The van der Waals surface area contributed by atoms with E-state index in [9.17, 15) is 4.79 Å². The average molecular weight is 474 g/mol. The quantitative estimate of drug-likeness (QED) is 0.571. The highest BCUT2D eigenvalue weighted by Crippen LogP contribution is 2.39. The number of piperidine rings is 1. The molecule has 1 fully saturated rings. The normalized spacial score (nSPS) is 22.1. The van der Waals surface area contributed by atoms with Gasteiger partial charge >= 0.3 is 0 Å². The molecule has 0 bridgehead atoms. The second-order valence-electron chi connectivity index (χ2n) is 9.98. The summed E-state index contributed by atoms with van der Waals surface area (Å²) in [6.07, 6.45) is 3.37. The van der Waals surface area contributed by atoms with Crippen LogP contribution < -0.4 is 19.1 Å². The van der Waals surface area contributed by atoms with Gasteiger partial charge in [0.25, 0.3) is 5.91 Å². The number of pyridine rings is 1. The standard InChI is InChI=1S/C28H31N3O4/c1-18-5-7-22-23(29-18)8-10-26-28(22)35-21(16-33-26)15-31-11-3-4-20(14-31)12-19-6-9-25-24(13-19)30(2)27(32)17-34-25/h5-10,13,20-21H,3-4,11-12,14-17H2,1-2H3/t20?,21-/m0/s1. The van der Waals surface area contributed by atoms with E-state index in [2.05, 4.69) is 28.1 Å². The molecule has 3 aliphatic rings. The summed E-state index contributed by atoms with van der Waals surface area (Å²) in [4.78, 5) is 20.9. The summed E-state index contributed by atoms with van der Waals surface area (Å²) in [7, 11) is 1.82. The van der Waals surface area contributed by atoms with Crippen molar-refractivity contribution in [3.8, 4) is 17.2 Å². The van der Waals surface area contributed by atoms with Crippen LogP contribution in [0.5, 0.6) is 17.2 Å². The van der Waals surface area contributed by atoms with Crippen LogP contribution in [0, 0.1) is 12.8 Å². The lowest BCUT2D eigenvalue weighted by Gasteiger charge is -2.36. The summed E-state index contributed by atoms with van der Waals surface area (Å²) in [5, 5.41) is 1.01. The topological polar surface area (TPSA) is 64.1 Å². The van der Waals surface area contributed by atoms with Crippen LogP contribution in [0.15, 0.2) is 42.5 Å². The summed E-state index contributed by atoms with van der Waals surface area (Å²) < 4.78 is 18.1. The van der Waals surface area contributed by atoms with E-state index in [0.29, 0.717) is 12.5 Å². The number of hydrogen-bond donors (Lipinski definition) is 0. The monoisotopic (exact) mass is 473 g/mol. The van der Waals surface area contributed by atoms with E-state index in [0.717, 1.165) is 65.6 Å². The van der Waals surface area contributed by atoms with Crippen molar-refractivity contribution >= 4 is 22.5 Å². The van der Waals surface area contributed by atoms with Gasteiger partial charge in [-0.05, 0) is 80.6 Å². The molecular weight excluding hydrogens is 442 g/mol. The molecule has 0 aliphatic carbocycles. The average Bonchev–Trinajstić information content (AvgIpc) is 2.86. The van der Waals surface area contributed by atoms with Crippen LogP contribution >= 0.6 is 0 Å². The van der Waals surface area contributed by atoms with Gasteiger partial charge in [0.1, 0.15) is 18.5 Å². The molecule has 1 saturated heterocycles. The number of carbonyl (C=O) groups excluding carboxylic acids is 1. The molecule has 0 saturated carbocycles. The third-order valence-electron chi connectivity index (χ3n) is 7.33. The molecular formula is C28H31N3O4. The minimum atomic E-state index is -0.00606. The Morgan fingerprint density at radius 3 is 2.89 bits per heavy atom. The number of hydrogen-bond acceptors (Lipinski definition) is 6. The van der Waals surface area contributed by atoms with Crippen molar-refractivity contribution in [2.45, 2.75) is 32.3 Å². The third kappa shape index (κ3) is 4.41. The summed E-state index contributed by atoms with van der Waals surface area (Å²) in [5.74, 6) is 2.96. The van der Waals surface area contributed by atoms with Gasteiger partial charge in [0.15, 0.2) is 18.1 Å². The van der Waals surface area contributed by atoms with Gasteiger partial charge in [-0.1, -0.05) is 6.07 Å². The van der Waals surface area contributed by atoms with E-state index in [4.69, 9.17) is 14.2 Å². The maximum Gasteiger partial charge on any atom is 0.264 e. The molecule has 1 amide bonds. The molecule has 3 aromatic rings. The summed E-state index contributed by atoms with van der Waals surface area (Å²) in [6, 6.07) is 14.3. The van der Waals surface area contributed by atoms with Gasteiger partial charge in [-0.2, -0.15) is 0 Å². The van der Waals surface area contributed by atoms with Crippen molar-refractivity contribution in [3.63, 3.8) is 0 Å². The van der Waals surface area contributed by atoms with Crippen LogP contribution in [0.2, 0.25) is 0 Å². The number of amides is 1. The number of rotatable bonds is 4. The van der Waals surface area contributed by atoms with Crippen LogP contribution in [-0.2, 0) is 11.2 Å². The van der Waals surface area contributed by atoms with E-state index >= 15 is 0 Å². The Kier molecular flexibility index (Phi) is 5.72. The zero-order valence-corrected chi connectivity index (χ0v) is 20.3. The van der Waals surface area contributed by atoms with Crippen LogP contribution in [0.3, 0.4) is 0 Å². The summed E-state index contributed by atoms with van der Waals surface area (Å²) in [6.45, 7) is 5.64. The molecule has 7 heteroatoms. The van der Waals surface area contributed by atoms with Crippen molar-refractivity contribution < 1.29 is 19.0 Å². The highest BCUT2D eigenvalue weighted by molar-refractivity contribution is 5.97. The van der Waals surface area contributed by atoms with Gasteiger partial charge in [-0.25, -0.2) is 0 Å². The zero-order valence-electron chi connectivity index (χ0n) is 20.3. The number of nitrogens with zero attached hydrogens (tertiary/aromatic N) is 3. The molecule has 1 unspecified atom stereocenters. The largest absolute Gasteiger partial charge is 0.486 e. The number of ether oxygens (including phenoxy) is 3. The minimum absolute atomic E-state index is 0.00583. The number of fused-ring (bicyclic) bond motifs is 4. The molecule has 2 atom stereocenters. The minimum Gasteiger partial charge on any atom is -0.486 e. The molecule has 7 nitrogen and oxygen atoms in total. The van der Waals surface area contributed by atoms with Crippen LogP contribution in [0.4, 0.5) is 5.69 Å². The Bertz CT molecular complexity index is 1280. The van der Waals surface area contributed by atoms with Crippen LogP contribution in [0.25, 0.3) is 10.9 Å². The van der Waals surface area contributed by atoms with Crippen molar-refractivity contribution in [2.24, 2.45) is 5.92 Å². The lowest BCUT2D eigenvalue weighted by atomic mass is 9.90. The van der Waals surface area contributed by atoms with E-state index in [1.165, 1.54) is 18.4 Å². The maximum atomic E-state index is 12.0. The number of aryl methyl sites for hydroxylation is 1. The van der Waals surface area contributed by atoms with Gasteiger partial charge in [0.05, 0.1) is 11.2 Å². The zero-order chi connectivity index (χ0) is 23.9. The molecule has 6 rings (SSSR count). The number of likely N-dealkylation sites (tertiary alicyclic amines) is 1. The van der Waals surface area contributed by atoms with E-state index in [1.807, 2.05) is 38.2 Å². The van der Waals surface area contributed by atoms with Crippen LogP contribution in [-0.4, -0.2) is 61.8 Å². The molecule has 4 heterocycles. The Balaban J connectivity index is 1.11. The second kappa shape index (κ2) is 9.04. The fraction of sp³-hybridized carbons (Fsp3) is 0.429. The van der Waals surface area contributed by atoms with Gasteiger partial charge in [0, 0.05) is 31.2 Å². The first-order valence-electron chi connectivity index (χ1n) is 12.5. The lowest BCUT2D eigenvalue weighted by molar-refractivity contribution is -0.120. The second-order valence-corrected chi connectivity index (χ2v) is 9.98. The molecule has 0 N–H and O–H groups in total. The Morgan fingerprint density at radius 1 is 1.09 bits per heavy atom. The molecule has 0 spiro atoms. The number of anilines is 1. The highest BCUT2D eigenvalue weighted by atomic mass is 16.6. The molecule has 182 valence electrons. The fourth-order valence-electron chi connectivity index (χ4n) is 5.52. The smallest absolute Gasteiger partial charge is 0.264 e. The predicted molar refractivity (Wildman–Crippen MR) is 135 cm³/mol. The number of carbonyl (C=O) groups is 1. The van der Waals surface area contributed by atoms with Gasteiger partial charge in [-0.15, -0.1) is 0 Å². The van der Waals surface area contributed by atoms with Crippen molar-refractivity contribution in [1.29, 1.82) is 0 Å². The molecule has 3 aliphatic heterocycles. The van der Waals surface area contributed by atoms with E-state index < -0.39 is 0 Å². The van der Waals surface area contributed by atoms with E-state index in [1.54, 1.807) is 4.90 Å². The fourth-order valence-corrected chi connectivity index (χ4v) is 5.52. The SMILES string of the molecule is Cc1ccc2c3c(ccc2n1)OC[C@H](CN1CCCC(Cc2ccc4c(c2)N(C)C(=O)CO4)C1)O3. The molecule has 2 aromatic carbocycles. The van der Waals surface area contributed by atoms with Crippen molar-refractivity contribution in [2.75, 3.05) is 44.8 Å². The molecule has 35 heavy (non-hydrogen) atoms. The van der Waals surface area contributed by atoms with Crippen LogP contribution in [0.1, 0.15) is 24.1 Å². The number of aromatic nitrogens is 1. The van der Waals surface area contributed by atoms with Crippen molar-refractivity contribution in [3.05, 3.63) is 53.7 Å². The molecule has 1 aromatic heterocycles. The summed E-state index contributed by atoms with van der Waals surface area (Å²) >= 11 is 0. The van der Waals surface area contributed by atoms with Gasteiger partial charge in [0.2, 0.25) is 0 Å². The number of likely N-dealkylation sites (N-methyl/N-ethyl adjacent to an activating group) is 1. The summed E-state index contributed by atoms with van der Waals surface area (Å²) in [5.41, 5.74) is 4.06. The first-order chi connectivity index (χ1) is 17.0. The first kappa shape index (κ1) is 22.2. The first-order valence-corrected chi connectivity index (χ1v) is 12.5. The van der Waals surface area contributed by atoms with Crippen molar-refractivity contribution in [1.82, 2.24) is 9.88 Å². The Labute approximate surface area is 205 Å². The predicted octanol–water partition coefficient (Wildman–Crippen LogP) is 3.99. The van der Waals surface area contributed by atoms with Gasteiger partial charge in [-0.3, -0.25) is 14.7 Å². The van der Waals surface area contributed by atoms with Gasteiger partial charge < -0.3 is 19.1 Å². The number of benzene rings is 2. The Hall–Kier alpha value is -3.32. The molecule has 0 radical (unpaired) electrons. The lowest BCUT2D eigenvalue weighted by Crippen LogP contribution is -2.45. The Morgan fingerprint density at radius 2 is 1.97 bits per heavy atom. The third-order valence-corrected chi connectivity index (χ3v) is 7.33. The van der Waals surface area contributed by atoms with E-state index in [-0.39, 0.29) is 18.6 Å². The highest BCUT2D eigenvalue weighted by Gasteiger charge is 2.29. The maximum absolute atomic E-state index is 12.0.